The lowest BCUT2D eigenvalue weighted by molar-refractivity contribution is -0.0434. The quantitative estimate of drug-likeness (QED) is 0.592. The van der Waals surface area contributed by atoms with Crippen molar-refractivity contribution in [3.05, 3.63) is 0 Å². The fourth-order valence-electron chi connectivity index (χ4n) is 2.74. The molecule has 122 valence electrons. The molecule has 0 fully saturated rings. The molecule has 1 N–H and O–H groups in total. The van der Waals surface area contributed by atoms with Gasteiger partial charge in [0.2, 0.25) is 0 Å². The molecule has 0 heterocycles. The van der Waals surface area contributed by atoms with E-state index >= 15 is 0 Å². The highest BCUT2D eigenvalue weighted by molar-refractivity contribution is 4.88. The van der Waals surface area contributed by atoms with Crippen LogP contribution < -0.4 is 0 Å². The van der Waals surface area contributed by atoms with E-state index in [4.69, 9.17) is 0 Å². The average Bonchev–Trinajstić information content (AvgIpc) is 2.48. The van der Waals surface area contributed by atoms with E-state index in [1.54, 1.807) is 0 Å². The molecule has 20 heavy (non-hydrogen) atoms. The van der Waals surface area contributed by atoms with Gasteiger partial charge in [-0.1, -0.05) is 41.5 Å². The van der Waals surface area contributed by atoms with Crippen LogP contribution in [0.3, 0.4) is 0 Å². The molecule has 4 heteroatoms. The van der Waals surface area contributed by atoms with Gasteiger partial charge in [-0.25, -0.2) is 0 Å². The maximum Gasteiger partial charge on any atom is 0.103 e. The summed E-state index contributed by atoms with van der Waals surface area (Å²) in [6, 6.07) is 0. The van der Waals surface area contributed by atoms with Gasteiger partial charge in [0.25, 0.3) is 0 Å². The van der Waals surface area contributed by atoms with Gasteiger partial charge in [0.05, 0.1) is 0 Å². The van der Waals surface area contributed by atoms with Gasteiger partial charge in [-0.05, 0) is 39.3 Å². The van der Waals surface area contributed by atoms with Crippen molar-refractivity contribution in [2.24, 2.45) is 0 Å². The molecule has 0 unspecified atom stereocenters. The summed E-state index contributed by atoms with van der Waals surface area (Å²) in [7, 11) is 0. The Labute approximate surface area is 126 Å². The van der Waals surface area contributed by atoms with Crippen LogP contribution in [0.5, 0.6) is 0 Å². The van der Waals surface area contributed by atoms with Gasteiger partial charge in [-0.3, -0.25) is 0 Å². The first-order valence-corrected chi connectivity index (χ1v) is 8.37. The van der Waals surface area contributed by atoms with Crippen molar-refractivity contribution in [2.45, 2.75) is 47.1 Å². The van der Waals surface area contributed by atoms with E-state index in [0.717, 1.165) is 58.9 Å². The molecule has 0 aliphatic heterocycles. The normalized spacial score (nSPS) is 12.9. The Hall–Kier alpha value is -0.160. The molecule has 0 radical (unpaired) electrons. The van der Waals surface area contributed by atoms with Gasteiger partial charge in [0.1, 0.15) is 5.60 Å². The smallest absolute Gasteiger partial charge is 0.103 e. The molecule has 0 rings (SSSR count). The second-order valence-corrected chi connectivity index (χ2v) is 5.61. The summed E-state index contributed by atoms with van der Waals surface area (Å²) in [5, 5.41) is 11.2. The van der Waals surface area contributed by atoms with Crippen LogP contribution in [0.15, 0.2) is 0 Å². The molecule has 0 bridgehead atoms. The van der Waals surface area contributed by atoms with Crippen LogP contribution in [0.25, 0.3) is 0 Å². The Kier molecular flexibility index (Phi) is 10.5. The van der Waals surface area contributed by atoms with E-state index in [-0.39, 0.29) is 0 Å². The Morgan fingerprint density at radius 2 is 0.750 bits per heavy atom. The van der Waals surface area contributed by atoms with Gasteiger partial charge in [-0.2, -0.15) is 0 Å². The van der Waals surface area contributed by atoms with E-state index in [0.29, 0.717) is 0 Å². The topological polar surface area (TPSA) is 30.0 Å². The van der Waals surface area contributed by atoms with Crippen molar-refractivity contribution >= 4 is 0 Å². The van der Waals surface area contributed by atoms with Crippen molar-refractivity contribution in [1.29, 1.82) is 0 Å². The number of nitrogens with zero attached hydrogens (tertiary/aromatic N) is 3. The van der Waals surface area contributed by atoms with Crippen LogP contribution in [0.4, 0.5) is 0 Å². The predicted octanol–water partition coefficient (Wildman–Crippen LogP) is 1.74. The predicted molar refractivity (Wildman–Crippen MR) is 88.3 cm³/mol. The lowest BCUT2D eigenvalue weighted by Crippen LogP contribution is -2.57. The van der Waals surface area contributed by atoms with Crippen LogP contribution in [0, 0.1) is 0 Å². The molecule has 0 atom stereocenters. The van der Waals surface area contributed by atoms with Crippen LogP contribution >= 0.6 is 0 Å². The first-order chi connectivity index (χ1) is 9.48. The molecule has 0 saturated heterocycles. The lowest BCUT2D eigenvalue weighted by Gasteiger charge is -2.40. The van der Waals surface area contributed by atoms with Crippen LogP contribution in [0.1, 0.15) is 41.5 Å². The zero-order valence-corrected chi connectivity index (χ0v) is 14.7. The molecule has 0 aromatic carbocycles. The summed E-state index contributed by atoms with van der Waals surface area (Å²) in [5.41, 5.74) is -0.649. The Morgan fingerprint density at radius 1 is 0.550 bits per heavy atom. The van der Waals surface area contributed by atoms with Crippen molar-refractivity contribution < 1.29 is 5.11 Å². The average molecular weight is 287 g/mol. The molecular formula is C16H37N3O. The Morgan fingerprint density at radius 3 is 0.900 bits per heavy atom. The number of aliphatic hydroxyl groups is 1. The maximum atomic E-state index is 11.2. The highest BCUT2D eigenvalue weighted by Crippen LogP contribution is 2.13. The molecule has 0 spiro atoms. The zero-order chi connectivity index (χ0) is 15.6. The lowest BCUT2D eigenvalue weighted by atomic mass is 10.0. The number of rotatable bonds is 12. The molecule has 0 saturated carbocycles. The molecule has 0 amide bonds. The number of hydrogen-bond donors (Lipinski definition) is 1. The third-order valence-electron chi connectivity index (χ3n) is 4.24. The summed E-state index contributed by atoms with van der Waals surface area (Å²) in [4.78, 5) is 6.98. The van der Waals surface area contributed by atoms with Crippen LogP contribution in [0.2, 0.25) is 0 Å². The van der Waals surface area contributed by atoms with Gasteiger partial charge in [-0.15, -0.1) is 0 Å². The first kappa shape index (κ1) is 19.8. The fraction of sp³-hybridized carbons (Fsp3) is 1.00. The highest BCUT2D eigenvalue weighted by Gasteiger charge is 2.32. The van der Waals surface area contributed by atoms with E-state index < -0.39 is 5.60 Å². The molecule has 0 aromatic rings. The molecule has 0 aromatic heterocycles. The monoisotopic (exact) mass is 287 g/mol. The summed E-state index contributed by atoms with van der Waals surface area (Å²) >= 11 is 0. The van der Waals surface area contributed by atoms with Crippen LogP contribution in [-0.4, -0.2) is 84.3 Å². The first-order valence-electron chi connectivity index (χ1n) is 8.37. The number of hydrogen-bond acceptors (Lipinski definition) is 4. The van der Waals surface area contributed by atoms with E-state index in [2.05, 4.69) is 56.2 Å². The van der Waals surface area contributed by atoms with Crippen molar-refractivity contribution in [2.75, 3.05) is 58.9 Å². The summed E-state index contributed by atoms with van der Waals surface area (Å²) in [6.07, 6.45) is 0. The van der Waals surface area contributed by atoms with Crippen molar-refractivity contribution in [3.8, 4) is 0 Å². The Bertz CT molecular complexity index is 188. The molecule has 4 nitrogen and oxygen atoms in total. The second-order valence-electron chi connectivity index (χ2n) is 5.61. The van der Waals surface area contributed by atoms with Crippen molar-refractivity contribution in [1.82, 2.24) is 14.7 Å². The third kappa shape index (κ3) is 7.02. The van der Waals surface area contributed by atoms with E-state index in [1.807, 2.05) is 0 Å². The van der Waals surface area contributed by atoms with Gasteiger partial charge in [0, 0.05) is 19.6 Å². The molecule has 0 aliphatic rings. The second kappa shape index (κ2) is 10.6. The third-order valence-corrected chi connectivity index (χ3v) is 4.24. The van der Waals surface area contributed by atoms with E-state index in [1.165, 1.54) is 0 Å². The van der Waals surface area contributed by atoms with Crippen LogP contribution in [-0.2, 0) is 0 Å². The summed E-state index contributed by atoms with van der Waals surface area (Å²) in [6.45, 7) is 21.2. The van der Waals surface area contributed by atoms with E-state index in [9.17, 15) is 5.11 Å². The van der Waals surface area contributed by atoms with Gasteiger partial charge < -0.3 is 19.8 Å². The highest BCUT2D eigenvalue weighted by atomic mass is 16.3. The number of likely N-dealkylation sites (N-methyl/N-ethyl adjacent to an activating group) is 3. The van der Waals surface area contributed by atoms with Gasteiger partial charge in [0.15, 0.2) is 0 Å². The molecule has 0 aliphatic carbocycles. The minimum Gasteiger partial charge on any atom is -0.386 e. The van der Waals surface area contributed by atoms with Crippen molar-refractivity contribution in [3.63, 3.8) is 0 Å². The zero-order valence-electron chi connectivity index (χ0n) is 14.7. The largest absolute Gasteiger partial charge is 0.386 e. The minimum absolute atomic E-state index is 0.649. The minimum atomic E-state index is -0.649. The Balaban J connectivity index is 4.89. The standard InChI is InChI=1S/C16H37N3O/c1-7-17(8-2)13-16(20,14-18(9-3)10-4)15-19(11-5)12-6/h20H,7-15H2,1-6H3. The van der Waals surface area contributed by atoms with Gasteiger partial charge >= 0.3 is 0 Å². The summed E-state index contributed by atoms with van der Waals surface area (Å²) in [5.74, 6) is 0. The fourth-order valence-corrected chi connectivity index (χ4v) is 2.74. The SMILES string of the molecule is CCN(CC)CC(O)(CN(CC)CC)CN(CC)CC. The summed E-state index contributed by atoms with van der Waals surface area (Å²) < 4.78 is 0. The maximum absolute atomic E-state index is 11.2. The molecular weight excluding hydrogens is 250 g/mol.